The number of benzene rings is 3. The van der Waals surface area contributed by atoms with Crippen molar-refractivity contribution in [1.82, 2.24) is 4.98 Å². The van der Waals surface area contributed by atoms with Crippen LogP contribution in [0.2, 0.25) is 0 Å². The Labute approximate surface area is 199 Å². The van der Waals surface area contributed by atoms with Crippen molar-refractivity contribution in [3.8, 4) is 28.3 Å². The van der Waals surface area contributed by atoms with Crippen LogP contribution in [0.4, 0.5) is 0 Å². The van der Waals surface area contributed by atoms with Crippen molar-refractivity contribution >= 4 is 5.97 Å². The molecule has 0 spiro atoms. The molecule has 0 bridgehead atoms. The first-order chi connectivity index (χ1) is 16.7. The zero-order valence-corrected chi connectivity index (χ0v) is 18.9. The molecule has 0 unspecified atom stereocenters. The highest BCUT2D eigenvalue weighted by Gasteiger charge is 2.33. The Hall–Kier alpha value is -3.86. The largest absolute Gasteiger partial charge is 0.482 e. The van der Waals surface area contributed by atoms with Gasteiger partial charge in [0.05, 0.1) is 0 Å². The van der Waals surface area contributed by atoms with Crippen molar-refractivity contribution in [2.24, 2.45) is 5.92 Å². The van der Waals surface area contributed by atoms with Gasteiger partial charge in [-0.2, -0.15) is 0 Å². The molecule has 0 aliphatic heterocycles. The van der Waals surface area contributed by atoms with Crippen LogP contribution >= 0.6 is 0 Å². The second-order valence-corrected chi connectivity index (χ2v) is 8.79. The Morgan fingerprint density at radius 3 is 2.41 bits per heavy atom. The van der Waals surface area contributed by atoms with E-state index in [0.29, 0.717) is 11.7 Å². The van der Waals surface area contributed by atoms with Gasteiger partial charge < -0.3 is 14.3 Å². The van der Waals surface area contributed by atoms with E-state index in [0.717, 1.165) is 59.7 Å². The lowest BCUT2D eigenvalue weighted by atomic mass is 9.89. The summed E-state index contributed by atoms with van der Waals surface area (Å²) in [5.74, 6) is 1.87. The summed E-state index contributed by atoms with van der Waals surface area (Å²) < 4.78 is 11.9. The molecule has 0 amide bonds. The number of nitrogens with zero attached hydrogens (tertiary/aromatic N) is 1. The number of ether oxygens (including phenoxy) is 1. The molecule has 2 atom stereocenters. The lowest BCUT2D eigenvalue weighted by molar-refractivity contribution is -0.139. The van der Waals surface area contributed by atoms with Gasteiger partial charge in [0.2, 0.25) is 0 Å². The average Bonchev–Trinajstić information content (AvgIpc) is 3.51. The summed E-state index contributed by atoms with van der Waals surface area (Å²) in [6.45, 7) is -0.337. The summed E-state index contributed by atoms with van der Waals surface area (Å²) in [6, 6.07) is 28.1. The second kappa shape index (κ2) is 9.96. The molecule has 1 heterocycles. The van der Waals surface area contributed by atoms with Gasteiger partial charge in [-0.05, 0) is 42.9 Å². The minimum absolute atomic E-state index is 0.239. The van der Waals surface area contributed by atoms with Gasteiger partial charge in [-0.15, -0.1) is 0 Å². The number of carboxylic acid groups (broad SMARTS) is 1. The SMILES string of the molecule is O=C(O)COc1cccc(C[C@@H]2CCC[C@H]2c2nc(-c3ccccc3)c(-c3ccccc3)o2)c1. The van der Waals surface area contributed by atoms with Crippen LogP contribution in [-0.2, 0) is 11.2 Å². The van der Waals surface area contributed by atoms with Crippen molar-refractivity contribution in [2.45, 2.75) is 31.6 Å². The first-order valence-electron chi connectivity index (χ1n) is 11.7. The summed E-state index contributed by atoms with van der Waals surface area (Å²) in [5, 5.41) is 8.88. The molecule has 1 fully saturated rings. The quantitative estimate of drug-likeness (QED) is 0.325. The van der Waals surface area contributed by atoms with Crippen molar-refractivity contribution in [2.75, 3.05) is 6.61 Å². The third kappa shape index (κ3) is 4.88. The normalized spacial score (nSPS) is 17.5. The van der Waals surface area contributed by atoms with Crippen LogP contribution < -0.4 is 4.74 Å². The fraction of sp³-hybridized carbons (Fsp3) is 0.241. The van der Waals surface area contributed by atoms with Crippen LogP contribution in [-0.4, -0.2) is 22.7 Å². The van der Waals surface area contributed by atoms with Crippen LogP contribution in [0.25, 0.3) is 22.6 Å². The highest BCUT2D eigenvalue weighted by molar-refractivity contribution is 5.76. The predicted octanol–water partition coefficient (Wildman–Crippen LogP) is 6.60. The highest BCUT2D eigenvalue weighted by atomic mass is 16.5. The minimum Gasteiger partial charge on any atom is -0.482 e. The summed E-state index contributed by atoms with van der Waals surface area (Å²) in [4.78, 5) is 15.9. The molecule has 1 aromatic heterocycles. The van der Waals surface area contributed by atoms with E-state index < -0.39 is 5.97 Å². The molecule has 0 saturated heterocycles. The first kappa shape index (κ1) is 22.0. The number of rotatable bonds is 8. The van der Waals surface area contributed by atoms with Crippen LogP contribution in [0, 0.1) is 5.92 Å². The second-order valence-electron chi connectivity index (χ2n) is 8.79. The van der Waals surface area contributed by atoms with Crippen molar-refractivity contribution in [1.29, 1.82) is 0 Å². The van der Waals surface area contributed by atoms with Gasteiger partial charge in [0.15, 0.2) is 18.3 Å². The molecule has 3 aromatic carbocycles. The van der Waals surface area contributed by atoms with Crippen molar-refractivity contribution in [3.05, 3.63) is 96.4 Å². The third-order valence-corrected chi connectivity index (χ3v) is 6.46. The molecule has 5 rings (SSSR count). The topological polar surface area (TPSA) is 72.6 Å². The fourth-order valence-electron chi connectivity index (χ4n) is 4.89. The Balaban J connectivity index is 1.43. The molecule has 1 aliphatic rings. The predicted molar refractivity (Wildman–Crippen MR) is 131 cm³/mol. The molecular weight excluding hydrogens is 426 g/mol. The zero-order valence-electron chi connectivity index (χ0n) is 18.9. The minimum atomic E-state index is -0.978. The van der Waals surface area contributed by atoms with Gasteiger partial charge >= 0.3 is 5.97 Å². The Bertz CT molecular complexity index is 1190. The molecule has 1 N–H and O–H groups in total. The monoisotopic (exact) mass is 453 g/mol. The molecule has 1 saturated carbocycles. The maximum absolute atomic E-state index is 10.8. The molecule has 5 nitrogen and oxygen atoms in total. The van der Waals surface area contributed by atoms with E-state index in [1.54, 1.807) is 6.07 Å². The standard InChI is InChI=1S/C29H27NO4/c31-26(32)19-33-24-15-7-9-20(18-24)17-23-14-8-16-25(23)29-30-27(21-10-3-1-4-11-21)28(34-29)22-12-5-2-6-13-22/h1-7,9-13,15,18,23,25H,8,14,16-17,19H2,(H,31,32)/t23-,25+/m0/s1. The van der Waals surface area contributed by atoms with Crippen LogP contribution in [0.5, 0.6) is 5.75 Å². The maximum atomic E-state index is 10.8. The van der Waals surface area contributed by atoms with Gasteiger partial charge in [-0.3, -0.25) is 0 Å². The molecule has 4 aromatic rings. The number of aliphatic carboxylic acids is 1. The number of aromatic nitrogens is 1. The summed E-state index contributed by atoms with van der Waals surface area (Å²) in [5.41, 5.74) is 4.10. The highest BCUT2D eigenvalue weighted by Crippen LogP contribution is 2.44. The molecule has 1 aliphatic carbocycles. The van der Waals surface area contributed by atoms with E-state index in [-0.39, 0.29) is 12.5 Å². The number of oxazole rings is 1. The van der Waals surface area contributed by atoms with E-state index >= 15 is 0 Å². The van der Waals surface area contributed by atoms with E-state index in [9.17, 15) is 4.79 Å². The number of carbonyl (C=O) groups is 1. The zero-order chi connectivity index (χ0) is 23.3. The van der Waals surface area contributed by atoms with Crippen LogP contribution in [0.1, 0.15) is 36.6 Å². The van der Waals surface area contributed by atoms with Crippen molar-refractivity contribution in [3.63, 3.8) is 0 Å². The lowest BCUT2D eigenvalue weighted by Crippen LogP contribution is -2.11. The number of hydrogen-bond acceptors (Lipinski definition) is 4. The van der Waals surface area contributed by atoms with Gasteiger partial charge in [0, 0.05) is 17.0 Å². The first-order valence-corrected chi connectivity index (χ1v) is 11.7. The maximum Gasteiger partial charge on any atom is 0.341 e. The van der Waals surface area contributed by atoms with Crippen LogP contribution in [0.15, 0.2) is 89.3 Å². The third-order valence-electron chi connectivity index (χ3n) is 6.46. The fourth-order valence-corrected chi connectivity index (χ4v) is 4.89. The van der Waals surface area contributed by atoms with E-state index in [1.807, 2.05) is 48.5 Å². The smallest absolute Gasteiger partial charge is 0.341 e. The van der Waals surface area contributed by atoms with Gasteiger partial charge in [0.1, 0.15) is 11.4 Å². The van der Waals surface area contributed by atoms with E-state index in [2.05, 4.69) is 30.3 Å². The Kier molecular flexibility index (Phi) is 6.43. The Morgan fingerprint density at radius 1 is 0.941 bits per heavy atom. The number of carboxylic acids is 1. The molecular formula is C29H27NO4. The van der Waals surface area contributed by atoms with E-state index in [4.69, 9.17) is 19.2 Å². The summed E-state index contributed by atoms with van der Waals surface area (Å²) in [6.07, 6.45) is 4.16. The molecule has 0 radical (unpaired) electrons. The molecule has 5 heteroatoms. The van der Waals surface area contributed by atoms with Crippen LogP contribution in [0.3, 0.4) is 0 Å². The Morgan fingerprint density at radius 2 is 1.68 bits per heavy atom. The summed E-state index contributed by atoms with van der Waals surface area (Å²) in [7, 11) is 0. The van der Waals surface area contributed by atoms with E-state index in [1.165, 1.54) is 0 Å². The van der Waals surface area contributed by atoms with Crippen molar-refractivity contribution < 1.29 is 19.1 Å². The number of hydrogen-bond donors (Lipinski definition) is 1. The van der Waals surface area contributed by atoms with Gasteiger partial charge in [-0.1, -0.05) is 79.2 Å². The summed E-state index contributed by atoms with van der Waals surface area (Å²) >= 11 is 0. The lowest BCUT2D eigenvalue weighted by Gasteiger charge is -2.17. The van der Waals surface area contributed by atoms with Gasteiger partial charge in [-0.25, -0.2) is 9.78 Å². The molecule has 34 heavy (non-hydrogen) atoms. The molecule has 172 valence electrons. The van der Waals surface area contributed by atoms with Gasteiger partial charge in [0.25, 0.3) is 0 Å². The average molecular weight is 454 g/mol.